The van der Waals surface area contributed by atoms with Crippen molar-refractivity contribution in [3.63, 3.8) is 0 Å². The van der Waals surface area contributed by atoms with Crippen LogP contribution in [0.3, 0.4) is 0 Å². The second kappa shape index (κ2) is 2.70. The lowest BCUT2D eigenvalue weighted by Crippen LogP contribution is -2.24. The molecule has 0 spiro atoms. The zero-order valence-electron chi connectivity index (χ0n) is 7.56. The maximum Gasteiger partial charge on any atom is 0.0490 e. The van der Waals surface area contributed by atoms with Crippen molar-refractivity contribution in [1.29, 1.82) is 0 Å². The molecule has 0 aromatic heterocycles. The fraction of sp³-hybridized carbons (Fsp3) is 0.400. The molecule has 0 saturated heterocycles. The van der Waals surface area contributed by atoms with Crippen molar-refractivity contribution < 1.29 is 9.46 Å². The third-order valence-electron chi connectivity index (χ3n) is 2.78. The Kier molecular flexibility index (Phi) is 1.86. The van der Waals surface area contributed by atoms with Crippen LogP contribution in [0.5, 0.6) is 0 Å². The predicted octanol–water partition coefficient (Wildman–Crippen LogP) is 1.50. The average Bonchev–Trinajstić information content (AvgIpc) is 2.87. The predicted molar refractivity (Wildman–Crippen MR) is 51.3 cm³/mol. The van der Waals surface area contributed by atoms with Crippen LogP contribution >= 0.6 is 7.37 Å². The van der Waals surface area contributed by atoms with Gasteiger partial charge in [0.25, 0.3) is 0 Å². The van der Waals surface area contributed by atoms with E-state index in [9.17, 15) is 9.46 Å². The van der Waals surface area contributed by atoms with Gasteiger partial charge in [-0.15, -0.1) is 0 Å². The molecule has 0 heterocycles. The summed E-state index contributed by atoms with van der Waals surface area (Å²) in [4.78, 5) is 11.9. The smallest absolute Gasteiger partial charge is 0.0490 e. The van der Waals surface area contributed by atoms with Gasteiger partial charge in [-0.05, 0) is 18.1 Å². The highest BCUT2D eigenvalue weighted by atomic mass is 31.2. The maximum absolute atomic E-state index is 11.9. The third kappa shape index (κ3) is 1.34. The van der Waals surface area contributed by atoms with Crippen molar-refractivity contribution in [2.24, 2.45) is 0 Å². The second-order valence-corrected chi connectivity index (χ2v) is 6.58. The molecular weight excluding hydrogens is 183 g/mol. The molecule has 3 heteroatoms. The van der Waals surface area contributed by atoms with Crippen LogP contribution in [0, 0.1) is 0 Å². The van der Waals surface area contributed by atoms with Gasteiger partial charge in [-0.2, -0.15) is 0 Å². The van der Waals surface area contributed by atoms with Crippen LogP contribution in [0.15, 0.2) is 30.3 Å². The second-order valence-electron chi connectivity index (χ2n) is 3.88. The lowest BCUT2D eigenvalue weighted by atomic mass is 10.4. The van der Waals surface area contributed by atoms with Crippen molar-refractivity contribution in [2.45, 2.75) is 24.9 Å². The number of rotatable bonds is 2. The van der Waals surface area contributed by atoms with Crippen LogP contribution < -0.4 is 10.2 Å². The van der Waals surface area contributed by atoms with E-state index < -0.39 is 12.5 Å². The lowest BCUT2D eigenvalue weighted by molar-refractivity contribution is -0.174. The quantitative estimate of drug-likeness (QED) is 0.671. The van der Waals surface area contributed by atoms with Crippen molar-refractivity contribution >= 4 is 12.7 Å². The minimum atomic E-state index is -3.37. The molecular formula is C10H12O2P-. The summed E-state index contributed by atoms with van der Waals surface area (Å²) in [6, 6.07) is 8.73. The SMILES string of the molecule is CC1(P(=O)([O-])c2ccccc2)CC1. The van der Waals surface area contributed by atoms with Crippen LogP contribution in [0.25, 0.3) is 0 Å². The molecule has 0 amide bonds. The first kappa shape index (κ1) is 8.98. The minimum absolute atomic E-state index is 0.450. The van der Waals surface area contributed by atoms with Crippen LogP contribution in [0.4, 0.5) is 0 Å². The van der Waals surface area contributed by atoms with E-state index in [4.69, 9.17) is 0 Å². The molecule has 1 aromatic rings. The molecule has 1 aromatic carbocycles. The number of benzene rings is 1. The Morgan fingerprint density at radius 2 is 1.85 bits per heavy atom. The van der Waals surface area contributed by atoms with Crippen LogP contribution in [0.1, 0.15) is 19.8 Å². The molecule has 13 heavy (non-hydrogen) atoms. The van der Waals surface area contributed by atoms with Gasteiger partial charge in [0.05, 0.1) is 0 Å². The normalized spacial score (nSPS) is 23.5. The molecule has 2 nitrogen and oxygen atoms in total. The van der Waals surface area contributed by atoms with Crippen molar-refractivity contribution in [3.8, 4) is 0 Å². The fourth-order valence-corrected chi connectivity index (χ4v) is 3.30. The molecule has 1 aliphatic rings. The molecule has 1 aliphatic carbocycles. The average molecular weight is 195 g/mol. The van der Waals surface area contributed by atoms with Gasteiger partial charge in [-0.25, -0.2) is 0 Å². The molecule has 0 aliphatic heterocycles. The minimum Gasteiger partial charge on any atom is -0.796 e. The molecule has 70 valence electrons. The van der Waals surface area contributed by atoms with Crippen LogP contribution in [-0.4, -0.2) is 5.16 Å². The van der Waals surface area contributed by atoms with Gasteiger partial charge in [-0.3, -0.25) is 0 Å². The largest absolute Gasteiger partial charge is 0.796 e. The molecule has 1 fully saturated rings. The van der Waals surface area contributed by atoms with E-state index in [0.717, 1.165) is 12.8 Å². The monoisotopic (exact) mass is 195 g/mol. The first-order valence-electron chi connectivity index (χ1n) is 4.43. The molecule has 1 atom stereocenters. The van der Waals surface area contributed by atoms with E-state index in [1.165, 1.54) is 0 Å². The Labute approximate surface area is 78.1 Å². The zero-order valence-corrected chi connectivity index (χ0v) is 8.46. The van der Waals surface area contributed by atoms with E-state index in [0.29, 0.717) is 5.30 Å². The summed E-state index contributed by atoms with van der Waals surface area (Å²) in [7, 11) is -3.37. The Hall–Kier alpha value is -0.590. The highest BCUT2D eigenvalue weighted by molar-refractivity contribution is 7.66. The Morgan fingerprint density at radius 3 is 2.31 bits per heavy atom. The maximum atomic E-state index is 11.9. The molecule has 0 N–H and O–H groups in total. The highest BCUT2D eigenvalue weighted by Gasteiger charge is 2.47. The summed E-state index contributed by atoms with van der Waals surface area (Å²) >= 11 is 0. The number of hydrogen-bond donors (Lipinski definition) is 0. The summed E-state index contributed by atoms with van der Waals surface area (Å²) in [6.45, 7) is 1.83. The topological polar surface area (TPSA) is 40.1 Å². The fourth-order valence-electron chi connectivity index (χ4n) is 1.41. The van der Waals surface area contributed by atoms with E-state index in [2.05, 4.69) is 0 Å². The first-order valence-corrected chi connectivity index (χ1v) is 6.05. The standard InChI is InChI=1S/C10H13O2P/c1-10(7-8-10)13(11,12)9-5-3-2-4-6-9/h2-6H,7-8H2,1H3,(H,11,12)/p-1. The van der Waals surface area contributed by atoms with Crippen LogP contribution in [-0.2, 0) is 4.57 Å². The van der Waals surface area contributed by atoms with Gasteiger partial charge >= 0.3 is 0 Å². The van der Waals surface area contributed by atoms with Crippen molar-refractivity contribution in [1.82, 2.24) is 0 Å². The zero-order chi connectivity index (χ0) is 9.53. The number of hydrogen-bond acceptors (Lipinski definition) is 2. The van der Waals surface area contributed by atoms with Gasteiger partial charge in [0.2, 0.25) is 0 Å². The highest BCUT2D eigenvalue weighted by Crippen LogP contribution is 2.63. The molecule has 0 radical (unpaired) electrons. The van der Waals surface area contributed by atoms with E-state index >= 15 is 0 Å². The summed E-state index contributed by atoms with van der Waals surface area (Å²) in [5.41, 5.74) is 0. The van der Waals surface area contributed by atoms with Crippen LogP contribution in [0.2, 0.25) is 0 Å². The van der Waals surface area contributed by atoms with Gasteiger partial charge in [0.15, 0.2) is 0 Å². The van der Waals surface area contributed by atoms with Crippen molar-refractivity contribution in [3.05, 3.63) is 30.3 Å². The van der Waals surface area contributed by atoms with Gasteiger partial charge in [-0.1, -0.05) is 37.3 Å². The van der Waals surface area contributed by atoms with Gasteiger partial charge < -0.3 is 9.46 Å². The molecule has 2 rings (SSSR count). The Morgan fingerprint density at radius 1 is 1.31 bits per heavy atom. The third-order valence-corrected chi connectivity index (χ3v) is 5.63. The summed E-state index contributed by atoms with van der Waals surface area (Å²) in [6.07, 6.45) is 1.62. The first-order chi connectivity index (χ1) is 6.06. The van der Waals surface area contributed by atoms with Crippen molar-refractivity contribution in [2.75, 3.05) is 0 Å². The summed E-state index contributed by atoms with van der Waals surface area (Å²) in [5.74, 6) is 0. The molecule has 1 unspecified atom stereocenters. The van der Waals surface area contributed by atoms with Gasteiger partial charge in [0.1, 0.15) is 0 Å². The summed E-state index contributed by atoms with van der Waals surface area (Å²) in [5, 5.41) is 0.0314. The lowest BCUT2D eigenvalue weighted by Gasteiger charge is -2.30. The Bertz CT molecular complexity index is 354. The molecule has 0 bridgehead atoms. The van der Waals surface area contributed by atoms with Gasteiger partial charge in [0, 0.05) is 12.5 Å². The molecule has 1 saturated carbocycles. The van der Waals surface area contributed by atoms with E-state index in [1.54, 1.807) is 24.3 Å². The van der Waals surface area contributed by atoms with E-state index in [1.807, 2.05) is 13.0 Å². The van der Waals surface area contributed by atoms with E-state index in [-0.39, 0.29) is 0 Å². The summed E-state index contributed by atoms with van der Waals surface area (Å²) < 4.78 is 11.9. The Balaban J connectivity index is 2.41.